The van der Waals surface area contributed by atoms with Gasteiger partial charge >= 0.3 is 0 Å². The highest BCUT2D eigenvalue weighted by molar-refractivity contribution is 7.92. The summed E-state index contributed by atoms with van der Waals surface area (Å²) in [6.45, 7) is 3.41. The second-order valence-corrected chi connectivity index (χ2v) is 6.19. The van der Waals surface area contributed by atoms with E-state index in [1.807, 2.05) is 19.1 Å². The molecule has 17 heavy (non-hydrogen) atoms. The normalized spacial score (nSPS) is 21.4. The molecule has 1 heterocycles. The smallest absolute Gasteiger partial charge is 0.196 e. The van der Waals surface area contributed by atoms with Gasteiger partial charge in [-0.05, 0) is 24.1 Å². The maximum Gasteiger partial charge on any atom is 0.196 e. The molecule has 94 valence electrons. The van der Waals surface area contributed by atoms with Crippen LogP contribution in [0, 0.1) is 0 Å². The van der Waals surface area contributed by atoms with Gasteiger partial charge in [0.15, 0.2) is 9.84 Å². The van der Waals surface area contributed by atoms with Gasteiger partial charge in [0.05, 0.1) is 18.1 Å². The molecular weight excluding hydrogens is 238 g/mol. The molecule has 0 amide bonds. The fraction of sp³-hybridized carbons (Fsp3) is 0.500. The summed E-state index contributed by atoms with van der Waals surface area (Å²) in [7, 11) is -3.32. The van der Waals surface area contributed by atoms with Gasteiger partial charge in [0.2, 0.25) is 0 Å². The highest BCUT2D eigenvalue weighted by Gasteiger charge is 2.29. The predicted octanol–water partition coefficient (Wildman–Crippen LogP) is 0.969. The standard InChI is InChI=1S/C12H17NO3S/c1-2-10-3-5-11(6-4-10)17(14,15)12-9-16-8-7-13-12/h3-6,12-13H,2,7-9H2,1H3. The second-order valence-electron chi connectivity index (χ2n) is 4.06. The molecule has 0 saturated carbocycles. The van der Waals surface area contributed by atoms with E-state index >= 15 is 0 Å². The molecule has 5 heteroatoms. The van der Waals surface area contributed by atoms with Crippen molar-refractivity contribution in [2.45, 2.75) is 23.6 Å². The van der Waals surface area contributed by atoms with Crippen LogP contribution in [0.2, 0.25) is 0 Å². The lowest BCUT2D eigenvalue weighted by Crippen LogP contribution is -2.46. The number of benzene rings is 1. The molecule has 0 bridgehead atoms. The van der Waals surface area contributed by atoms with E-state index < -0.39 is 15.2 Å². The molecule has 1 saturated heterocycles. The van der Waals surface area contributed by atoms with Crippen LogP contribution in [0.4, 0.5) is 0 Å². The Bertz CT molecular complexity index is 461. The second kappa shape index (κ2) is 5.16. The van der Waals surface area contributed by atoms with Gasteiger partial charge < -0.3 is 4.74 Å². The maximum absolute atomic E-state index is 12.2. The number of hydrogen-bond donors (Lipinski definition) is 1. The van der Waals surface area contributed by atoms with Crippen LogP contribution in [0.3, 0.4) is 0 Å². The summed E-state index contributed by atoms with van der Waals surface area (Å²) >= 11 is 0. The number of ether oxygens (including phenoxy) is 1. The van der Waals surface area contributed by atoms with E-state index in [1.54, 1.807) is 12.1 Å². The SMILES string of the molecule is CCc1ccc(S(=O)(=O)C2COCCN2)cc1. The van der Waals surface area contributed by atoms with Crippen LogP contribution in [0.1, 0.15) is 12.5 Å². The van der Waals surface area contributed by atoms with E-state index in [0.29, 0.717) is 18.0 Å². The lowest BCUT2D eigenvalue weighted by atomic mass is 10.2. The third-order valence-corrected chi connectivity index (χ3v) is 4.90. The number of nitrogens with one attached hydrogen (secondary N) is 1. The minimum Gasteiger partial charge on any atom is -0.377 e. The summed E-state index contributed by atoms with van der Waals surface area (Å²) in [4.78, 5) is 0.359. The molecule has 1 aromatic carbocycles. The quantitative estimate of drug-likeness (QED) is 0.874. The molecule has 1 atom stereocenters. The Hall–Kier alpha value is -0.910. The molecule has 0 radical (unpaired) electrons. The molecule has 1 aromatic rings. The molecule has 1 aliphatic heterocycles. The average molecular weight is 255 g/mol. The number of morpholine rings is 1. The lowest BCUT2D eigenvalue weighted by Gasteiger charge is -2.23. The first-order valence-corrected chi connectivity index (χ1v) is 7.33. The fourth-order valence-corrected chi connectivity index (χ4v) is 3.28. The Morgan fingerprint density at radius 2 is 2.06 bits per heavy atom. The van der Waals surface area contributed by atoms with E-state index in [1.165, 1.54) is 0 Å². The van der Waals surface area contributed by atoms with Crippen molar-refractivity contribution in [2.75, 3.05) is 19.8 Å². The van der Waals surface area contributed by atoms with Crippen molar-refractivity contribution in [1.29, 1.82) is 0 Å². The highest BCUT2D eigenvalue weighted by Crippen LogP contribution is 2.17. The van der Waals surface area contributed by atoms with Crippen molar-refractivity contribution in [3.63, 3.8) is 0 Å². The summed E-state index contributed by atoms with van der Waals surface area (Å²) in [5.41, 5.74) is 1.14. The molecule has 4 nitrogen and oxygen atoms in total. The first-order valence-electron chi connectivity index (χ1n) is 5.78. The molecule has 1 N–H and O–H groups in total. The maximum atomic E-state index is 12.2. The van der Waals surface area contributed by atoms with E-state index in [2.05, 4.69) is 5.32 Å². The Labute approximate surface area is 102 Å². The third-order valence-electron chi connectivity index (χ3n) is 2.92. The molecule has 1 aliphatic rings. The summed E-state index contributed by atoms with van der Waals surface area (Å²) in [5, 5.41) is 2.35. The van der Waals surface area contributed by atoms with Crippen molar-refractivity contribution in [3.05, 3.63) is 29.8 Å². The average Bonchev–Trinajstić information content (AvgIpc) is 2.40. The Balaban J connectivity index is 2.23. The summed E-state index contributed by atoms with van der Waals surface area (Å²) in [5.74, 6) is 0. The summed E-state index contributed by atoms with van der Waals surface area (Å²) < 4.78 is 29.7. The summed E-state index contributed by atoms with van der Waals surface area (Å²) in [6.07, 6.45) is 0.908. The zero-order valence-corrected chi connectivity index (χ0v) is 10.7. The van der Waals surface area contributed by atoms with Gasteiger partial charge in [-0.1, -0.05) is 19.1 Å². The molecule has 0 aromatic heterocycles. The topological polar surface area (TPSA) is 55.4 Å². The summed E-state index contributed by atoms with van der Waals surface area (Å²) in [6, 6.07) is 7.06. The van der Waals surface area contributed by atoms with Crippen molar-refractivity contribution in [3.8, 4) is 0 Å². The molecular formula is C12H17NO3S. The Morgan fingerprint density at radius 1 is 1.35 bits per heavy atom. The van der Waals surface area contributed by atoms with Gasteiger partial charge in [-0.3, -0.25) is 5.32 Å². The van der Waals surface area contributed by atoms with Crippen molar-refractivity contribution >= 4 is 9.84 Å². The van der Waals surface area contributed by atoms with Gasteiger partial charge in [-0.25, -0.2) is 8.42 Å². The number of sulfone groups is 1. The lowest BCUT2D eigenvalue weighted by molar-refractivity contribution is 0.0978. The highest BCUT2D eigenvalue weighted by atomic mass is 32.2. The van der Waals surface area contributed by atoms with Crippen LogP contribution >= 0.6 is 0 Å². The van der Waals surface area contributed by atoms with E-state index in [-0.39, 0.29) is 6.61 Å². The third kappa shape index (κ3) is 2.68. The van der Waals surface area contributed by atoms with Crippen LogP contribution in [0.15, 0.2) is 29.2 Å². The monoisotopic (exact) mass is 255 g/mol. The van der Waals surface area contributed by atoms with Crippen LogP contribution in [-0.4, -0.2) is 33.6 Å². The Morgan fingerprint density at radius 3 is 2.59 bits per heavy atom. The minimum atomic E-state index is -3.32. The first kappa shape index (κ1) is 12.5. The first-order chi connectivity index (χ1) is 8.14. The Kier molecular flexibility index (Phi) is 3.81. The van der Waals surface area contributed by atoms with E-state index in [0.717, 1.165) is 12.0 Å². The van der Waals surface area contributed by atoms with Crippen LogP contribution in [-0.2, 0) is 21.0 Å². The van der Waals surface area contributed by atoms with E-state index in [4.69, 9.17) is 4.74 Å². The molecule has 2 rings (SSSR count). The zero-order chi connectivity index (χ0) is 12.3. The van der Waals surface area contributed by atoms with Crippen LogP contribution < -0.4 is 5.32 Å². The van der Waals surface area contributed by atoms with Crippen molar-refractivity contribution < 1.29 is 13.2 Å². The van der Waals surface area contributed by atoms with Crippen LogP contribution in [0.5, 0.6) is 0 Å². The number of rotatable bonds is 3. The zero-order valence-electron chi connectivity index (χ0n) is 9.85. The van der Waals surface area contributed by atoms with Crippen molar-refractivity contribution in [1.82, 2.24) is 5.32 Å². The van der Waals surface area contributed by atoms with Crippen LogP contribution in [0.25, 0.3) is 0 Å². The largest absolute Gasteiger partial charge is 0.377 e. The predicted molar refractivity (Wildman–Crippen MR) is 65.6 cm³/mol. The van der Waals surface area contributed by atoms with Gasteiger partial charge in [0.25, 0.3) is 0 Å². The number of aryl methyl sites for hydroxylation is 1. The molecule has 1 fully saturated rings. The molecule has 1 unspecified atom stereocenters. The number of hydrogen-bond acceptors (Lipinski definition) is 4. The van der Waals surface area contributed by atoms with Gasteiger partial charge in [-0.15, -0.1) is 0 Å². The van der Waals surface area contributed by atoms with E-state index in [9.17, 15) is 8.42 Å². The molecule has 0 spiro atoms. The minimum absolute atomic E-state index is 0.220. The van der Waals surface area contributed by atoms with Gasteiger partial charge in [0.1, 0.15) is 5.37 Å². The van der Waals surface area contributed by atoms with Gasteiger partial charge in [0, 0.05) is 6.54 Å². The van der Waals surface area contributed by atoms with Gasteiger partial charge in [-0.2, -0.15) is 0 Å². The molecule has 0 aliphatic carbocycles. The van der Waals surface area contributed by atoms with Crippen molar-refractivity contribution in [2.24, 2.45) is 0 Å². The fourth-order valence-electron chi connectivity index (χ4n) is 1.82.